The van der Waals surface area contributed by atoms with Crippen molar-refractivity contribution in [3.05, 3.63) is 22.9 Å². The van der Waals surface area contributed by atoms with E-state index in [0.717, 1.165) is 5.25 Å². The SMILES string of the molecule is CC(C)[s+]1cccc1. The molecule has 0 aliphatic carbocycles. The van der Waals surface area contributed by atoms with Gasteiger partial charge in [-0.3, -0.25) is 0 Å². The van der Waals surface area contributed by atoms with Gasteiger partial charge in [-0.15, -0.1) is 0 Å². The molecular formula is C7H11S+. The fourth-order valence-corrected chi connectivity index (χ4v) is 1.90. The summed E-state index contributed by atoms with van der Waals surface area (Å²) in [6.07, 6.45) is 0. The zero-order valence-electron chi connectivity index (χ0n) is 5.29. The number of thiophene rings is 1. The molecule has 0 N–H and O–H groups in total. The average molecular weight is 127 g/mol. The first kappa shape index (κ1) is 5.83. The Morgan fingerprint density at radius 3 is 1.88 bits per heavy atom. The Balaban J connectivity index is 2.77. The van der Waals surface area contributed by atoms with Crippen LogP contribution in [0.3, 0.4) is 0 Å². The summed E-state index contributed by atoms with van der Waals surface area (Å²) in [7, 11) is 0.460. The van der Waals surface area contributed by atoms with Gasteiger partial charge >= 0.3 is 0 Å². The molecule has 0 fully saturated rings. The van der Waals surface area contributed by atoms with Crippen LogP contribution in [-0.2, 0) is 0 Å². The molecule has 8 heavy (non-hydrogen) atoms. The van der Waals surface area contributed by atoms with Crippen LogP contribution in [0.1, 0.15) is 19.1 Å². The molecule has 0 aromatic carbocycles. The van der Waals surface area contributed by atoms with E-state index in [-0.39, 0.29) is 0 Å². The summed E-state index contributed by atoms with van der Waals surface area (Å²) in [6.45, 7) is 4.51. The van der Waals surface area contributed by atoms with Crippen molar-refractivity contribution in [1.82, 2.24) is 0 Å². The molecule has 0 saturated heterocycles. The maximum absolute atomic E-state index is 2.27. The molecule has 0 radical (unpaired) electrons. The maximum atomic E-state index is 2.27. The van der Waals surface area contributed by atoms with Crippen LogP contribution < -0.4 is 0 Å². The lowest BCUT2D eigenvalue weighted by molar-refractivity contribution is 1.03. The number of hydrogen-bond donors (Lipinski definition) is 0. The summed E-state index contributed by atoms with van der Waals surface area (Å²) in [6, 6.07) is 4.26. The van der Waals surface area contributed by atoms with E-state index < -0.39 is 0 Å². The number of hydrogen-bond acceptors (Lipinski definition) is 0. The molecule has 0 bridgehead atoms. The molecule has 1 rings (SSSR count). The fourth-order valence-electron chi connectivity index (χ4n) is 0.632. The quantitative estimate of drug-likeness (QED) is 0.509. The Kier molecular flexibility index (Phi) is 1.69. The topological polar surface area (TPSA) is 0 Å². The van der Waals surface area contributed by atoms with Crippen molar-refractivity contribution < 1.29 is 0 Å². The maximum Gasteiger partial charge on any atom is 0.138 e. The predicted octanol–water partition coefficient (Wildman–Crippen LogP) is 3.02. The molecule has 0 saturated carbocycles. The minimum Gasteiger partial charge on any atom is -0.0206 e. The van der Waals surface area contributed by atoms with E-state index >= 15 is 0 Å². The molecule has 1 heterocycles. The minimum atomic E-state index is 0.460. The van der Waals surface area contributed by atoms with E-state index in [1.807, 2.05) is 0 Å². The highest BCUT2D eigenvalue weighted by atomic mass is 32.2. The van der Waals surface area contributed by atoms with Gasteiger partial charge < -0.3 is 0 Å². The summed E-state index contributed by atoms with van der Waals surface area (Å²) < 4.78 is 0. The monoisotopic (exact) mass is 127 g/mol. The van der Waals surface area contributed by atoms with Crippen molar-refractivity contribution in [3.63, 3.8) is 0 Å². The van der Waals surface area contributed by atoms with Gasteiger partial charge in [-0.1, -0.05) is 0 Å². The van der Waals surface area contributed by atoms with E-state index in [1.165, 1.54) is 0 Å². The largest absolute Gasteiger partial charge is 0.138 e. The molecule has 1 heteroatoms. The van der Waals surface area contributed by atoms with Gasteiger partial charge in [-0.2, -0.15) is 0 Å². The standard InChI is InChI=1S/C7H11S/c1-7(2)8-5-3-4-6-8/h3-7H,1-2H3/q+1. The van der Waals surface area contributed by atoms with E-state index in [9.17, 15) is 0 Å². The second-order valence-electron chi connectivity index (χ2n) is 2.11. The molecule has 1 aromatic heterocycles. The summed E-state index contributed by atoms with van der Waals surface area (Å²) in [4.78, 5) is 0. The Morgan fingerprint density at radius 1 is 1.12 bits per heavy atom. The van der Waals surface area contributed by atoms with Crippen LogP contribution in [0.5, 0.6) is 0 Å². The zero-order valence-corrected chi connectivity index (χ0v) is 6.11. The Morgan fingerprint density at radius 2 is 1.62 bits per heavy atom. The van der Waals surface area contributed by atoms with Crippen LogP contribution in [-0.4, -0.2) is 0 Å². The second-order valence-corrected chi connectivity index (χ2v) is 4.42. The molecule has 0 unspecified atom stereocenters. The third-order valence-corrected chi connectivity index (χ3v) is 3.16. The van der Waals surface area contributed by atoms with Gasteiger partial charge in [0.15, 0.2) is 0 Å². The van der Waals surface area contributed by atoms with Gasteiger partial charge in [0, 0.05) is 0 Å². The lowest BCUT2D eigenvalue weighted by Crippen LogP contribution is -1.67. The second kappa shape index (κ2) is 2.31. The van der Waals surface area contributed by atoms with Gasteiger partial charge in [0.25, 0.3) is 0 Å². The third-order valence-electron chi connectivity index (χ3n) is 1.13. The molecular weight excluding hydrogens is 116 g/mol. The Bertz CT molecular complexity index is 139. The zero-order chi connectivity index (χ0) is 5.98. The van der Waals surface area contributed by atoms with Gasteiger partial charge in [0.05, 0.1) is 0 Å². The normalized spacial score (nSPS) is 10.4. The fraction of sp³-hybridized carbons (Fsp3) is 0.429. The van der Waals surface area contributed by atoms with Crippen molar-refractivity contribution in [2.75, 3.05) is 0 Å². The highest BCUT2D eigenvalue weighted by molar-refractivity contribution is 7.28. The van der Waals surface area contributed by atoms with Crippen LogP contribution in [0.15, 0.2) is 22.9 Å². The summed E-state index contributed by atoms with van der Waals surface area (Å²) >= 11 is 0. The Labute approximate surface area is 53.1 Å². The van der Waals surface area contributed by atoms with Crippen molar-refractivity contribution in [2.24, 2.45) is 0 Å². The smallest absolute Gasteiger partial charge is 0.0206 e. The Hall–Kier alpha value is -0.300. The van der Waals surface area contributed by atoms with Crippen molar-refractivity contribution >= 4 is 10.5 Å². The molecule has 0 atom stereocenters. The lowest BCUT2D eigenvalue weighted by Gasteiger charge is -1.87. The summed E-state index contributed by atoms with van der Waals surface area (Å²) in [5.74, 6) is 0. The van der Waals surface area contributed by atoms with Gasteiger partial charge in [0.1, 0.15) is 16.0 Å². The van der Waals surface area contributed by atoms with Gasteiger partial charge in [-0.05, 0) is 36.5 Å². The van der Waals surface area contributed by atoms with Gasteiger partial charge in [0.2, 0.25) is 0 Å². The molecule has 44 valence electrons. The van der Waals surface area contributed by atoms with Crippen LogP contribution in [0.4, 0.5) is 0 Å². The highest BCUT2D eigenvalue weighted by Crippen LogP contribution is 2.28. The van der Waals surface area contributed by atoms with Crippen LogP contribution in [0.2, 0.25) is 0 Å². The average Bonchev–Trinajstić information content (AvgIpc) is 2.12. The first-order chi connectivity index (χ1) is 3.80. The molecule has 0 nitrogen and oxygen atoms in total. The third kappa shape index (κ3) is 1.10. The predicted molar refractivity (Wildman–Crippen MR) is 39.3 cm³/mol. The lowest BCUT2D eigenvalue weighted by atomic mass is 10.6. The van der Waals surface area contributed by atoms with Crippen molar-refractivity contribution in [3.8, 4) is 0 Å². The molecule has 0 aliphatic heterocycles. The van der Waals surface area contributed by atoms with Crippen molar-refractivity contribution in [2.45, 2.75) is 19.1 Å². The molecule has 0 amide bonds. The van der Waals surface area contributed by atoms with Crippen molar-refractivity contribution in [1.29, 1.82) is 0 Å². The van der Waals surface area contributed by atoms with E-state index in [0.29, 0.717) is 10.5 Å². The van der Waals surface area contributed by atoms with E-state index in [1.54, 1.807) is 0 Å². The van der Waals surface area contributed by atoms with E-state index in [4.69, 9.17) is 0 Å². The minimum absolute atomic E-state index is 0.460. The van der Waals surface area contributed by atoms with Crippen LogP contribution >= 0.6 is 10.5 Å². The van der Waals surface area contributed by atoms with Crippen LogP contribution in [0.25, 0.3) is 0 Å². The summed E-state index contributed by atoms with van der Waals surface area (Å²) in [5, 5.41) is 5.33. The molecule has 0 aliphatic rings. The first-order valence-corrected chi connectivity index (χ1v) is 4.28. The van der Waals surface area contributed by atoms with E-state index in [2.05, 4.69) is 36.7 Å². The van der Waals surface area contributed by atoms with Crippen LogP contribution in [0, 0.1) is 0 Å². The highest BCUT2D eigenvalue weighted by Gasteiger charge is 2.04. The summed E-state index contributed by atoms with van der Waals surface area (Å²) in [5.41, 5.74) is 0. The molecule has 1 aromatic rings. The molecule has 0 spiro atoms. The number of rotatable bonds is 1. The van der Waals surface area contributed by atoms with Gasteiger partial charge in [-0.25, -0.2) is 0 Å². The first-order valence-electron chi connectivity index (χ1n) is 2.86.